The number of rotatable bonds is 1. The Balaban J connectivity index is 2.26. The third kappa shape index (κ3) is 1.33. The standard InChI is InChI=1S/C13H9Si2/c14-15-13-7-3-6-11-10-5-2-1-4-9(10)8-12(11)13/h1-7H,8H2. The zero-order chi connectivity index (χ0) is 10.3. The maximum absolute atomic E-state index is 3.63. The molecule has 0 aliphatic heterocycles. The highest BCUT2D eigenvalue weighted by molar-refractivity contribution is 6.97. The monoisotopic (exact) mass is 221 g/mol. The molecule has 0 nitrogen and oxygen atoms in total. The number of benzene rings is 2. The summed E-state index contributed by atoms with van der Waals surface area (Å²) in [7, 11) is 4.34. The van der Waals surface area contributed by atoms with Gasteiger partial charge in [-0.1, -0.05) is 47.7 Å². The minimum Gasteiger partial charge on any atom is -0.0640 e. The van der Waals surface area contributed by atoms with E-state index in [-0.39, 0.29) is 0 Å². The van der Waals surface area contributed by atoms with Crippen molar-refractivity contribution < 1.29 is 0 Å². The van der Waals surface area contributed by atoms with Crippen molar-refractivity contribution in [3.63, 3.8) is 0 Å². The van der Waals surface area contributed by atoms with Crippen LogP contribution in [0.5, 0.6) is 0 Å². The Morgan fingerprint density at radius 2 is 1.73 bits per heavy atom. The molecule has 2 aromatic rings. The van der Waals surface area contributed by atoms with Crippen LogP contribution >= 0.6 is 0 Å². The van der Waals surface area contributed by atoms with Gasteiger partial charge < -0.3 is 0 Å². The van der Waals surface area contributed by atoms with Crippen LogP contribution < -0.4 is 5.19 Å². The smallest absolute Gasteiger partial charge is 0.0608 e. The second kappa shape index (κ2) is 3.47. The fraction of sp³-hybridized carbons (Fsp3) is 0.0769. The Bertz CT molecular complexity index is 518. The van der Waals surface area contributed by atoms with Crippen molar-refractivity contribution in [1.82, 2.24) is 0 Å². The van der Waals surface area contributed by atoms with Crippen molar-refractivity contribution in [2.45, 2.75) is 6.42 Å². The first-order valence-corrected chi connectivity index (χ1v) is 7.53. The second-order valence-corrected chi connectivity index (χ2v) is 5.33. The van der Waals surface area contributed by atoms with Crippen molar-refractivity contribution in [2.24, 2.45) is 0 Å². The van der Waals surface area contributed by atoms with Gasteiger partial charge in [-0.3, -0.25) is 0 Å². The molecular formula is C13H9Si2. The first-order chi connectivity index (χ1) is 7.40. The summed E-state index contributed by atoms with van der Waals surface area (Å²) in [5.74, 6) is 0. The lowest BCUT2D eigenvalue weighted by Gasteiger charge is -2.04. The maximum Gasteiger partial charge on any atom is 0.0608 e. The molecule has 0 unspecified atom stereocenters. The van der Waals surface area contributed by atoms with Gasteiger partial charge in [0.25, 0.3) is 0 Å². The second-order valence-electron chi connectivity index (χ2n) is 3.79. The molecular weight excluding hydrogens is 212 g/mol. The molecule has 0 aromatic heterocycles. The van der Waals surface area contributed by atoms with Crippen LogP contribution in [0.2, 0.25) is 0 Å². The summed E-state index contributed by atoms with van der Waals surface area (Å²) in [5.41, 5.74) is 5.81. The van der Waals surface area contributed by atoms with Crippen LogP contribution in [0, 0.1) is 0 Å². The summed E-state index contributed by atoms with van der Waals surface area (Å²) >= 11 is 0. The minimum absolute atomic E-state index is 0.705. The zero-order valence-electron chi connectivity index (χ0n) is 8.25. The quantitative estimate of drug-likeness (QED) is 0.548. The summed E-state index contributed by atoms with van der Waals surface area (Å²) < 4.78 is 0. The summed E-state index contributed by atoms with van der Waals surface area (Å²) in [6.45, 7) is 0. The van der Waals surface area contributed by atoms with E-state index in [1.165, 1.54) is 27.4 Å². The fourth-order valence-corrected chi connectivity index (χ4v) is 3.53. The van der Waals surface area contributed by atoms with E-state index in [2.05, 4.69) is 52.2 Å². The summed E-state index contributed by atoms with van der Waals surface area (Å²) in [5, 5.41) is 1.44. The lowest BCUT2D eigenvalue weighted by molar-refractivity contribution is 1.28. The number of hydrogen-bond donors (Lipinski definition) is 0. The van der Waals surface area contributed by atoms with Gasteiger partial charge in [-0.05, 0) is 28.7 Å². The molecule has 0 fully saturated rings. The lowest BCUT2D eigenvalue weighted by atomic mass is 10.1. The Hall–Kier alpha value is -1.13. The highest BCUT2D eigenvalue weighted by Gasteiger charge is 2.19. The van der Waals surface area contributed by atoms with Gasteiger partial charge in [0.1, 0.15) is 0 Å². The predicted octanol–water partition coefficient (Wildman–Crippen LogP) is 1.67. The third-order valence-corrected chi connectivity index (χ3v) is 4.53. The van der Waals surface area contributed by atoms with Crippen LogP contribution in [0.15, 0.2) is 42.5 Å². The molecule has 1 aliphatic carbocycles. The molecule has 0 N–H and O–H groups in total. The van der Waals surface area contributed by atoms with Crippen LogP contribution in [-0.4, -0.2) is 18.8 Å². The lowest BCUT2D eigenvalue weighted by Crippen LogP contribution is -2.18. The first kappa shape index (κ1) is 9.13. The van der Waals surface area contributed by atoms with Gasteiger partial charge in [0, 0.05) is 9.76 Å². The number of fused-ring (bicyclic) bond motifs is 3. The Morgan fingerprint density at radius 3 is 2.60 bits per heavy atom. The van der Waals surface area contributed by atoms with Crippen LogP contribution in [-0.2, 0) is 6.42 Å². The van der Waals surface area contributed by atoms with Gasteiger partial charge in [-0.2, -0.15) is 0 Å². The van der Waals surface area contributed by atoms with Gasteiger partial charge in [-0.25, -0.2) is 0 Å². The van der Waals surface area contributed by atoms with E-state index < -0.39 is 0 Å². The SMILES string of the molecule is [Si][Si]c1cccc2c1Cc1ccccc1-2. The molecule has 0 atom stereocenters. The van der Waals surface area contributed by atoms with Crippen LogP contribution in [0.25, 0.3) is 11.1 Å². The van der Waals surface area contributed by atoms with E-state index in [0.717, 1.165) is 6.42 Å². The molecule has 1 aliphatic rings. The third-order valence-electron chi connectivity index (χ3n) is 2.99. The molecule has 3 rings (SSSR count). The molecule has 2 aromatic carbocycles. The highest BCUT2D eigenvalue weighted by Crippen LogP contribution is 2.34. The van der Waals surface area contributed by atoms with E-state index in [9.17, 15) is 0 Å². The fourth-order valence-electron chi connectivity index (χ4n) is 2.27. The van der Waals surface area contributed by atoms with Crippen LogP contribution in [0.4, 0.5) is 0 Å². The largest absolute Gasteiger partial charge is 0.0640 e. The average Bonchev–Trinajstić information content (AvgIpc) is 2.67. The van der Waals surface area contributed by atoms with Crippen LogP contribution in [0.1, 0.15) is 11.1 Å². The van der Waals surface area contributed by atoms with E-state index in [1.54, 1.807) is 0 Å². The molecule has 0 amide bonds. The van der Waals surface area contributed by atoms with Crippen molar-refractivity contribution in [1.29, 1.82) is 0 Å². The van der Waals surface area contributed by atoms with E-state index >= 15 is 0 Å². The molecule has 5 radical (unpaired) electrons. The highest BCUT2D eigenvalue weighted by atomic mass is 29.1. The molecule has 0 spiro atoms. The molecule has 0 saturated carbocycles. The van der Waals surface area contributed by atoms with Gasteiger partial charge in [-0.15, -0.1) is 0 Å². The maximum atomic E-state index is 3.63. The molecule has 0 saturated heterocycles. The zero-order valence-corrected chi connectivity index (χ0v) is 10.2. The molecule has 0 bridgehead atoms. The topological polar surface area (TPSA) is 0 Å². The van der Waals surface area contributed by atoms with E-state index in [1.807, 2.05) is 0 Å². The van der Waals surface area contributed by atoms with Gasteiger partial charge in [0.2, 0.25) is 0 Å². The average molecular weight is 221 g/mol. The van der Waals surface area contributed by atoms with Crippen LogP contribution in [0.3, 0.4) is 0 Å². The summed E-state index contributed by atoms with van der Waals surface area (Å²) in [4.78, 5) is 0. The van der Waals surface area contributed by atoms with Crippen molar-refractivity contribution in [3.8, 4) is 11.1 Å². The van der Waals surface area contributed by atoms with Crippen molar-refractivity contribution in [3.05, 3.63) is 53.6 Å². The van der Waals surface area contributed by atoms with E-state index in [0.29, 0.717) is 9.04 Å². The van der Waals surface area contributed by atoms with Gasteiger partial charge in [0.05, 0.1) is 9.04 Å². The Morgan fingerprint density at radius 1 is 0.933 bits per heavy atom. The Labute approximate surface area is 95.4 Å². The van der Waals surface area contributed by atoms with Gasteiger partial charge >= 0.3 is 0 Å². The van der Waals surface area contributed by atoms with Crippen molar-refractivity contribution >= 4 is 24.0 Å². The summed E-state index contributed by atoms with van der Waals surface area (Å²) in [6.07, 6.45) is 1.10. The first-order valence-electron chi connectivity index (χ1n) is 5.03. The van der Waals surface area contributed by atoms with E-state index in [4.69, 9.17) is 0 Å². The summed E-state index contributed by atoms with van der Waals surface area (Å²) in [6, 6.07) is 15.3. The van der Waals surface area contributed by atoms with Gasteiger partial charge in [0.15, 0.2) is 0 Å². The number of hydrogen-bond acceptors (Lipinski definition) is 0. The minimum atomic E-state index is 0.705. The molecule has 0 heterocycles. The predicted molar refractivity (Wildman–Crippen MR) is 65.8 cm³/mol. The molecule has 2 heteroatoms. The Kier molecular flexibility index (Phi) is 2.11. The van der Waals surface area contributed by atoms with Crippen molar-refractivity contribution in [2.75, 3.05) is 0 Å². The normalized spacial score (nSPS) is 12.3. The molecule has 69 valence electrons. The molecule has 15 heavy (non-hydrogen) atoms.